The van der Waals surface area contributed by atoms with Crippen LogP contribution in [0, 0.1) is 5.92 Å². The monoisotopic (exact) mass is 242 g/mol. The highest BCUT2D eigenvalue weighted by atomic mass is 35.5. The molecule has 0 radical (unpaired) electrons. The molecule has 92 valence electrons. The van der Waals surface area contributed by atoms with E-state index in [-0.39, 0.29) is 0 Å². The molecule has 0 spiro atoms. The predicted molar refractivity (Wildman–Crippen MR) is 69.8 cm³/mol. The van der Waals surface area contributed by atoms with Gasteiger partial charge in [-0.05, 0) is 18.8 Å². The van der Waals surface area contributed by atoms with E-state index in [0.717, 1.165) is 25.0 Å². The van der Waals surface area contributed by atoms with Crippen molar-refractivity contribution in [3.8, 4) is 0 Å². The van der Waals surface area contributed by atoms with E-state index in [2.05, 4.69) is 16.3 Å². The quantitative estimate of drug-likeness (QED) is 0.819. The van der Waals surface area contributed by atoms with Crippen molar-refractivity contribution in [2.75, 3.05) is 26.2 Å². The molecule has 0 aromatic rings. The molecular weight excluding hydrogens is 220 g/mol. The summed E-state index contributed by atoms with van der Waals surface area (Å²) in [4.78, 5) is 2.60. The first-order valence-corrected chi connectivity index (χ1v) is 7.05. The Kier molecular flexibility index (Phi) is 5.14. The molecule has 2 nitrogen and oxygen atoms in total. The van der Waals surface area contributed by atoms with Crippen LogP contribution in [0.4, 0.5) is 0 Å². The van der Waals surface area contributed by atoms with Gasteiger partial charge in [-0.1, -0.05) is 36.9 Å². The van der Waals surface area contributed by atoms with Crippen LogP contribution in [0.3, 0.4) is 0 Å². The Morgan fingerprint density at radius 3 is 2.81 bits per heavy atom. The van der Waals surface area contributed by atoms with E-state index in [1.54, 1.807) is 5.54 Å². The van der Waals surface area contributed by atoms with Crippen molar-refractivity contribution < 1.29 is 0 Å². The van der Waals surface area contributed by atoms with Gasteiger partial charge in [0, 0.05) is 37.8 Å². The molecule has 1 saturated carbocycles. The van der Waals surface area contributed by atoms with E-state index in [9.17, 15) is 0 Å². The number of piperazine rings is 1. The molecule has 3 heteroatoms. The maximum Gasteiger partial charge on any atom is 0.0252 e. The smallest absolute Gasteiger partial charge is 0.0252 e. The number of rotatable bonds is 3. The maximum atomic E-state index is 5.63. The molecule has 0 aromatic carbocycles. The maximum absolute atomic E-state index is 5.63. The van der Waals surface area contributed by atoms with Gasteiger partial charge in [0.1, 0.15) is 0 Å². The van der Waals surface area contributed by atoms with E-state index >= 15 is 0 Å². The molecule has 2 fully saturated rings. The van der Waals surface area contributed by atoms with Gasteiger partial charge in [0.2, 0.25) is 0 Å². The largest absolute Gasteiger partial charge is 0.314 e. The Labute approximate surface area is 104 Å². The summed E-state index contributed by atoms with van der Waals surface area (Å²) < 4.78 is 0. The van der Waals surface area contributed by atoms with Crippen LogP contribution in [0.15, 0.2) is 11.6 Å². The average molecular weight is 243 g/mol. The van der Waals surface area contributed by atoms with E-state index in [1.807, 2.05) is 0 Å². The molecule has 1 aliphatic heterocycles. The lowest BCUT2D eigenvalue weighted by Crippen LogP contribution is -2.54. The zero-order valence-electron chi connectivity index (χ0n) is 10.00. The lowest BCUT2D eigenvalue weighted by molar-refractivity contribution is 0.104. The highest BCUT2D eigenvalue weighted by molar-refractivity contribution is 6.25. The van der Waals surface area contributed by atoms with Crippen molar-refractivity contribution in [3.63, 3.8) is 0 Å². The van der Waals surface area contributed by atoms with Crippen molar-refractivity contribution in [2.24, 2.45) is 5.92 Å². The van der Waals surface area contributed by atoms with Crippen LogP contribution in [0.2, 0.25) is 0 Å². The standard InChI is InChI=1S/C13H23ClN2/c14-7-4-9-16-10-8-15-11-13(16)12-5-2-1-3-6-12/h4,7,12-13,15H,1-3,5-6,8-11H2/b7-4+. The summed E-state index contributed by atoms with van der Waals surface area (Å²) in [5.74, 6) is 0.908. The number of halogens is 1. The normalized spacial score (nSPS) is 29.9. The van der Waals surface area contributed by atoms with Gasteiger partial charge in [-0.15, -0.1) is 0 Å². The molecule has 16 heavy (non-hydrogen) atoms. The SMILES string of the molecule is Cl/C=C/CN1CCNCC1C1CCCCC1. The van der Waals surface area contributed by atoms with Gasteiger partial charge in [0.25, 0.3) is 0 Å². The van der Waals surface area contributed by atoms with Crippen molar-refractivity contribution in [1.82, 2.24) is 10.2 Å². The summed E-state index contributed by atoms with van der Waals surface area (Å²) in [6.07, 6.45) is 9.22. The topological polar surface area (TPSA) is 15.3 Å². The minimum absolute atomic E-state index is 0.738. The summed E-state index contributed by atoms with van der Waals surface area (Å²) in [6, 6.07) is 0.738. The number of hydrogen-bond acceptors (Lipinski definition) is 2. The molecular formula is C13H23ClN2. The van der Waals surface area contributed by atoms with Gasteiger partial charge in [-0.25, -0.2) is 0 Å². The number of nitrogens with one attached hydrogen (secondary N) is 1. The lowest BCUT2D eigenvalue weighted by atomic mass is 9.82. The van der Waals surface area contributed by atoms with Crippen LogP contribution in [0.5, 0.6) is 0 Å². The van der Waals surface area contributed by atoms with Gasteiger partial charge in [0.15, 0.2) is 0 Å². The molecule has 1 atom stereocenters. The molecule has 1 aliphatic carbocycles. The summed E-state index contributed by atoms with van der Waals surface area (Å²) in [5, 5.41) is 3.54. The van der Waals surface area contributed by atoms with Gasteiger partial charge in [0.05, 0.1) is 0 Å². The fraction of sp³-hybridized carbons (Fsp3) is 0.846. The zero-order valence-corrected chi connectivity index (χ0v) is 10.8. The fourth-order valence-corrected chi connectivity index (χ4v) is 3.23. The van der Waals surface area contributed by atoms with E-state index in [4.69, 9.17) is 11.6 Å². The van der Waals surface area contributed by atoms with Crippen LogP contribution in [0.25, 0.3) is 0 Å². The van der Waals surface area contributed by atoms with Crippen LogP contribution in [-0.2, 0) is 0 Å². The first kappa shape index (κ1) is 12.4. The zero-order chi connectivity index (χ0) is 11.2. The molecule has 1 unspecified atom stereocenters. The van der Waals surface area contributed by atoms with Crippen molar-refractivity contribution in [2.45, 2.75) is 38.1 Å². The van der Waals surface area contributed by atoms with Gasteiger partial charge in [-0.2, -0.15) is 0 Å². The van der Waals surface area contributed by atoms with Gasteiger partial charge < -0.3 is 5.32 Å². The first-order valence-electron chi connectivity index (χ1n) is 6.62. The molecule has 1 saturated heterocycles. The summed E-state index contributed by atoms with van der Waals surface area (Å²) in [6.45, 7) is 4.48. The Balaban J connectivity index is 1.91. The number of hydrogen-bond donors (Lipinski definition) is 1. The fourth-order valence-electron chi connectivity index (χ4n) is 3.15. The van der Waals surface area contributed by atoms with Gasteiger partial charge in [-0.3, -0.25) is 4.90 Å². The molecule has 1 N–H and O–H groups in total. The lowest BCUT2D eigenvalue weighted by Gasteiger charge is -2.41. The van der Waals surface area contributed by atoms with E-state index in [0.29, 0.717) is 0 Å². The summed E-state index contributed by atoms with van der Waals surface area (Å²) >= 11 is 5.63. The van der Waals surface area contributed by atoms with Crippen LogP contribution in [0.1, 0.15) is 32.1 Å². The van der Waals surface area contributed by atoms with Crippen LogP contribution >= 0.6 is 11.6 Å². The Morgan fingerprint density at radius 2 is 2.06 bits per heavy atom. The minimum Gasteiger partial charge on any atom is -0.314 e. The van der Waals surface area contributed by atoms with E-state index < -0.39 is 0 Å². The van der Waals surface area contributed by atoms with Crippen molar-refractivity contribution >= 4 is 11.6 Å². The highest BCUT2D eigenvalue weighted by Gasteiger charge is 2.29. The Hall–Kier alpha value is -0.0500. The molecule has 2 rings (SSSR count). The average Bonchev–Trinajstić information content (AvgIpc) is 2.38. The Morgan fingerprint density at radius 1 is 1.25 bits per heavy atom. The first-order chi connectivity index (χ1) is 7.92. The summed E-state index contributed by atoms with van der Waals surface area (Å²) in [5.41, 5.74) is 1.65. The van der Waals surface area contributed by atoms with Crippen molar-refractivity contribution in [1.29, 1.82) is 0 Å². The molecule has 0 bridgehead atoms. The highest BCUT2D eigenvalue weighted by Crippen LogP contribution is 2.29. The predicted octanol–water partition coefficient (Wildman–Crippen LogP) is 2.59. The van der Waals surface area contributed by atoms with Crippen LogP contribution in [-0.4, -0.2) is 37.1 Å². The van der Waals surface area contributed by atoms with Crippen molar-refractivity contribution in [3.05, 3.63) is 11.6 Å². The number of nitrogens with zero attached hydrogens (tertiary/aromatic N) is 1. The molecule has 1 heterocycles. The summed E-state index contributed by atoms with van der Waals surface area (Å²) in [7, 11) is 0. The second-order valence-electron chi connectivity index (χ2n) is 5.03. The second kappa shape index (κ2) is 6.63. The molecule has 2 aliphatic rings. The second-order valence-corrected chi connectivity index (χ2v) is 5.28. The Bertz CT molecular complexity index is 224. The minimum atomic E-state index is 0.738. The molecule has 0 amide bonds. The van der Waals surface area contributed by atoms with Crippen LogP contribution < -0.4 is 5.32 Å². The third-order valence-corrected chi connectivity index (χ3v) is 4.20. The third kappa shape index (κ3) is 3.22. The van der Waals surface area contributed by atoms with Gasteiger partial charge >= 0.3 is 0 Å². The van der Waals surface area contributed by atoms with E-state index in [1.165, 1.54) is 45.2 Å². The molecule has 0 aromatic heterocycles. The third-order valence-electron chi connectivity index (χ3n) is 4.02.